The molecule has 0 aliphatic carbocycles. The second kappa shape index (κ2) is 4.70. The van der Waals surface area contributed by atoms with Crippen LogP contribution in [0.1, 0.15) is 18.9 Å². The third-order valence-electron chi connectivity index (χ3n) is 2.95. The maximum absolute atomic E-state index is 12.6. The van der Waals surface area contributed by atoms with Gasteiger partial charge in [0.05, 0.1) is 12.3 Å². The second-order valence-electron chi connectivity index (χ2n) is 4.37. The van der Waals surface area contributed by atoms with Gasteiger partial charge in [0.15, 0.2) is 0 Å². The molecule has 0 amide bonds. The molecule has 0 saturated carbocycles. The van der Waals surface area contributed by atoms with Crippen LogP contribution in [0.25, 0.3) is 0 Å². The molecule has 0 N–H and O–H groups in total. The van der Waals surface area contributed by atoms with Crippen molar-refractivity contribution in [2.24, 2.45) is 0 Å². The first-order valence-corrected chi connectivity index (χ1v) is 7.39. The van der Waals surface area contributed by atoms with Crippen LogP contribution in [-0.4, -0.2) is 24.4 Å². The van der Waals surface area contributed by atoms with Gasteiger partial charge in [-0.3, -0.25) is 4.57 Å². The molecule has 2 atom stereocenters. The van der Waals surface area contributed by atoms with Crippen LogP contribution in [0.4, 0.5) is 0 Å². The van der Waals surface area contributed by atoms with Crippen LogP contribution in [0.2, 0.25) is 0 Å². The molecule has 1 aromatic rings. The van der Waals surface area contributed by atoms with Gasteiger partial charge < -0.3 is 4.52 Å². The molecule has 2 rings (SSSR count). The van der Waals surface area contributed by atoms with Crippen LogP contribution in [-0.2, 0) is 15.3 Å². The highest BCUT2D eigenvalue weighted by molar-refractivity contribution is 7.55. The van der Waals surface area contributed by atoms with Gasteiger partial charge in [-0.1, -0.05) is 30.3 Å². The van der Waals surface area contributed by atoms with Gasteiger partial charge in [-0.15, -0.1) is 0 Å². The molecule has 16 heavy (non-hydrogen) atoms. The number of hydrogen-bond acceptors (Lipinski definition) is 2. The summed E-state index contributed by atoms with van der Waals surface area (Å²) in [6.45, 7) is 2.84. The van der Waals surface area contributed by atoms with Gasteiger partial charge in [0.2, 0.25) is 0 Å². The van der Waals surface area contributed by atoms with E-state index in [-0.39, 0.29) is 6.10 Å². The Morgan fingerprint density at radius 1 is 1.44 bits per heavy atom. The lowest BCUT2D eigenvalue weighted by atomic mass is 10.2. The third kappa shape index (κ3) is 2.54. The fraction of sp³-hybridized carbons (Fsp3) is 0.500. The minimum atomic E-state index is -2.65. The smallest absolute Gasteiger partial charge is 0.276 e. The van der Waals surface area contributed by atoms with Crippen LogP contribution >= 0.6 is 7.52 Å². The van der Waals surface area contributed by atoms with Crippen molar-refractivity contribution in [3.8, 4) is 0 Å². The highest BCUT2D eigenvalue weighted by atomic mass is 31.2. The first kappa shape index (κ1) is 11.8. The standard InChI is InChI=1S/C12H18NO2P/c1-11-8-9-13(2)16(14,15-11)10-12-6-4-3-5-7-12/h3-7,11H,8-10H2,1-2H3/t11-,16+/m0/s1. The molecule has 88 valence electrons. The summed E-state index contributed by atoms with van der Waals surface area (Å²) >= 11 is 0. The summed E-state index contributed by atoms with van der Waals surface area (Å²) < 4.78 is 20.2. The molecular formula is C12H18NO2P. The van der Waals surface area contributed by atoms with E-state index in [1.54, 1.807) is 0 Å². The highest BCUT2D eigenvalue weighted by Crippen LogP contribution is 2.56. The summed E-state index contributed by atoms with van der Waals surface area (Å²) in [5.41, 5.74) is 1.08. The van der Waals surface area contributed by atoms with Crippen LogP contribution in [0.5, 0.6) is 0 Å². The zero-order valence-electron chi connectivity index (χ0n) is 9.80. The summed E-state index contributed by atoms with van der Waals surface area (Å²) in [5.74, 6) is 0. The molecule has 1 aliphatic heterocycles. The maximum atomic E-state index is 12.6. The van der Waals surface area contributed by atoms with Crippen molar-refractivity contribution in [1.29, 1.82) is 0 Å². The molecule has 0 aromatic heterocycles. The van der Waals surface area contributed by atoms with Gasteiger partial charge in [0.25, 0.3) is 7.52 Å². The monoisotopic (exact) mass is 239 g/mol. The molecule has 0 bridgehead atoms. The van der Waals surface area contributed by atoms with Crippen molar-refractivity contribution < 1.29 is 9.09 Å². The zero-order valence-corrected chi connectivity index (χ0v) is 10.7. The van der Waals surface area contributed by atoms with Gasteiger partial charge in [0.1, 0.15) is 0 Å². The van der Waals surface area contributed by atoms with E-state index < -0.39 is 7.52 Å². The van der Waals surface area contributed by atoms with Crippen molar-refractivity contribution in [3.05, 3.63) is 35.9 Å². The molecule has 1 saturated heterocycles. The Kier molecular flexibility index (Phi) is 3.48. The Labute approximate surface area is 96.9 Å². The summed E-state index contributed by atoms with van der Waals surface area (Å²) in [7, 11) is -0.765. The Hall–Kier alpha value is -0.630. The predicted molar refractivity (Wildman–Crippen MR) is 65.5 cm³/mol. The van der Waals surface area contributed by atoms with Gasteiger partial charge in [-0.05, 0) is 26.0 Å². The fourth-order valence-electron chi connectivity index (χ4n) is 1.91. The summed E-state index contributed by atoms with van der Waals surface area (Å²) in [6.07, 6.45) is 1.56. The first-order chi connectivity index (χ1) is 7.60. The number of nitrogens with zero attached hydrogens (tertiary/aromatic N) is 1. The molecule has 1 fully saturated rings. The van der Waals surface area contributed by atoms with Crippen molar-refractivity contribution in [3.63, 3.8) is 0 Å². The quantitative estimate of drug-likeness (QED) is 0.742. The molecule has 0 radical (unpaired) electrons. The van der Waals surface area contributed by atoms with Crippen molar-refractivity contribution >= 4 is 7.52 Å². The molecule has 0 unspecified atom stereocenters. The normalized spacial score (nSPS) is 31.5. The number of rotatable bonds is 2. The van der Waals surface area contributed by atoms with E-state index in [4.69, 9.17) is 4.52 Å². The Balaban J connectivity index is 2.15. The Bertz CT molecular complexity index is 393. The largest absolute Gasteiger partial charge is 0.314 e. The number of hydrogen-bond donors (Lipinski definition) is 0. The summed E-state index contributed by atoms with van der Waals surface area (Å²) in [6, 6.07) is 9.89. The highest BCUT2D eigenvalue weighted by Gasteiger charge is 2.35. The van der Waals surface area contributed by atoms with Gasteiger partial charge in [-0.25, -0.2) is 4.67 Å². The minimum absolute atomic E-state index is 0.103. The lowest BCUT2D eigenvalue weighted by Crippen LogP contribution is -2.30. The van der Waals surface area contributed by atoms with Crippen LogP contribution < -0.4 is 0 Å². The summed E-state index contributed by atoms with van der Waals surface area (Å²) in [5, 5.41) is 0. The predicted octanol–water partition coefficient (Wildman–Crippen LogP) is 3.12. The maximum Gasteiger partial charge on any atom is 0.276 e. The van der Waals surface area contributed by atoms with Crippen molar-refractivity contribution in [2.45, 2.75) is 25.6 Å². The number of benzene rings is 1. The van der Waals surface area contributed by atoms with Gasteiger partial charge in [-0.2, -0.15) is 0 Å². The van der Waals surface area contributed by atoms with Crippen LogP contribution in [0.3, 0.4) is 0 Å². The van der Waals surface area contributed by atoms with E-state index in [9.17, 15) is 4.57 Å². The van der Waals surface area contributed by atoms with E-state index in [1.807, 2.05) is 49.0 Å². The molecular weight excluding hydrogens is 221 g/mol. The molecule has 0 spiro atoms. The Morgan fingerprint density at radius 2 is 2.12 bits per heavy atom. The molecule has 4 heteroatoms. The molecule has 1 aliphatic rings. The average Bonchev–Trinajstić information content (AvgIpc) is 2.25. The lowest BCUT2D eigenvalue weighted by Gasteiger charge is -2.35. The SMILES string of the molecule is C[C@H]1CCN(C)[P@@](=O)(Cc2ccccc2)O1. The van der Waals surface area contributed by atoms with E-state index in [0.717, 1.165) is 18.5 Å². The van der Waals surface area contributed by atoms with Crippen LogP contribution in [0.15, 0.2) is 30.3 Å². The van der Waals surface area contributed by atoms with Gasteiger partial charge >= 0.3 is 0 Å². The van der Waals surface area contributed by atoms with E-state index in [1.165, 1.54) is 0 Å². The molecule has 1 heterocycles. The average molecular weight is 239 g/mol. The third-order valence-corrected chi connectivity index (χ3v) is 5.64. The lowest BCUT2D eigenvalue weighted by molar-refractivity contribution is 0.149. The Morgan fingerprint density at radius 3 is 2.81 bits per heavy atom. The van der Waals surface area contributed by atoms with E-state index in [0.29, 0.717) is 6.16 Å². The molecule has 3 nitrogen and oxygen atoms in total. The zero-order chi connectivity index (χ0) is 11.6. The fourth-order valence-corrected chi connectivity index (χ4v) is 4.14. The van der Waals surface area contributed by atoms with E-state index >= 15 is 0 Å². The van der Waals surface area contributed by atoms with Gasteiger partial charge in [0, 0.05) is 6.54 Å². The van der Waals surface area contributed by atoms with Crippen LogP contribution in [0, 0.1) is 0 Å². The topological polar surface area (TPSA) is 29.5 Å². The van der Waals surface area contributed by atoms with E-state index in [2.05, 4.69) is 0 Å². The second-order valence-corrected chi connectivity index (χ2v) is 6.85. The minimum Gasteiger partial charge on any atom is -0.314 e. The molecule has 1 aromatic carbocycles. The van der Waals surface area contributed by atoms with Crippen molar-refractivity contribution in [2.75, 3.05) is 13.6 Å². The first-order valence-electron chi connectivity index (χ1n) is 5.63. The van der Waals surface area contributed by atoms with Crippen molar-refractivity contribution in [1.82, 2.24) is 4.67 Å². The summed E-state index contributed by atoms with van der Waals surface area (Å²) in [4.78, 5) is 0.